The van der Waals surface area contributed by atoms with Crippen LogP contribution >= 0.6 is 27.3 Å². The predicted molar refractivity (Wildman–Crippen MR) is 87.9 cm³/mol. The third-order valence-electron chi connectivity index (χ3n) is 4.06. The van der Waals surface area contributed by atoms with Crippen LogP contribution in [0.5, 0.6) is 0 Å². The van der Waals surface area contributed by atoms with E-state index in [9.17, 15) is 4.79 Å². The fraction of sp³-hybridized carbons (Fsp3) is 0.429. The lowest BCUT2D eigenvalue weighted by Crippen LogP contribution is -2.63. The van der Waals surface area contributed by atoms with E-state index in [-0.39, 0.29) is 5.91 Å². The number of aromatic nitrogens is 1. The van der Waals surface area contributed by atoms with Gasteiger partial charge in [0, 0.05) is 36.7 Å². The summed E-state index contributed by atoms with van der Waals surface area (Å²) in [7, 11) is 0. The van der Waals surface area contributed by atoms with Crippen LogP contribution < -0.4 is 10.2 Å². The predicted octanol–water partition coefficient (Wildman–Crippen LogP) is 1.68. The molecule has 7 heteroatoms. The lowest BCUT2D eigenvalue weighted by molar-refractivity contribution is -0.125. The normalized spacial score (nSPS) is 20.6. The Bertz CT molecular complexity index is 697. The first-order valence-electron chi connectivity index (χ1n) is 7.01. The Morgan fingerprint density at radius 3 is 3.05 bits per heavy atom. The molecular formula is C14H15BrN4OS. The van der Waals surface area contributed by atoms with Gasteiger partial charge in [-0.1, -0.05) is 27.3 Å². The van der Waals surface area contributed by atoms with Crippen molar-refractivity contribution >= 4 is 48.5 Å². The van der Waals surface area contributed by atoms with Crippen molar-refractivity contribution in [3.05, 3.63) is 22.7 Å². The van der Waals surface area contributed by atoms with E-state index in [0.29, 0.717) is 12.6 Å². The van der Waals surface area contributed by atoms with Gasteiger partial charge < -0.3 is 10.2 Å². The molecule has 3 heterocycles. The van der Waals surface area contributed by atoms with Crippen molar-refractivity contribution in [2.75, 3.05) is 37.6 Å². The maximum absolute atomic E-state index is 11.4. The Balaban J connectivity index is 1.45. The number of hydrogen-bond acceptors (Lipinski definition) is 5. The van der Waals surface area contributed by atoms with Gasteiger partial charge in [-0.3, -0.25) is 9.69 Å². The number of nitrogens with one attached hydrogen (secondary N) is 1. The highest BCUT2D eigenvalue weighted by Gasteiger charge is 2.35. The summed E-state index contributed by atoms with van der Waals surface area (Å²) in [6.07, 6.45) is 0. The summed E-state index contributed by atoms with van der Waals surface area (Å²) in [6.45, 7) is 4.19. The van der Waals surface area contributed by atoms with Crippen molar-refractivity contribution in [2.45, 2.75) is 6.04 Å². The number of amides is 1. The van der Waals surface area contributed by atoms with E-state index in [4.69, 9.17) is 4.98 Å². The maximum Gasteiger partial charge on any atom is 0.234 e. The first-order chi connectivity index (χ1) is 10.2. The number of anilines is 1. The smallest absolute Gasteiger partial charge is 0.234 e. The maximum atomic E-state index is 11.4. The van der Waals surface area contributed by atoms with E-state index in [2.05, 4.69) is 37.1 Å². The molecule has 1 aromatic heterocycles. The minimum atomic E-state index is 0.143. The zero-order valence-corrected chi connectivity index (χ0v) is 13.8. The molecule has 0 bridgehead atoms. The van der Waals surface area contributed by atoms with Crippen LogP contribution in [-0.4, -0.2) is 54.6 Å². The lowest BCUT2D eigenvalue weighted by atomic mass is 10.1. The van der Waals surface area contributed by atoms with Crippen molar-refractivity contribution in [3.8, 4) is 0 Å². The number of piperazine rings is 1. The van der Waals surface area contributed by atoms with Gasteiger partial charge in [0.25, 0.3) is 0 Å². The van der Waals surface area contributed by atoms with Gasteiger partial charge in [-0.15, -0.1) is 0 Å². The van der Waals surface area contributed by atoms with Gasteiger partial charge in [0.1, 0.15) is 0 Å². The number of hydrogen-bond donors (Lipinski definition) is 1. The Kier molecular flexibility index (Phi) is 3.35. The molecule has 1 N–H and O–H groups in total. The van der Waals surface area contributed by atoms with E-state index in [1.54, 1.807) is 11.3 Å². The number of halogens is 1. The molecule has 0 radical (unpaired) electrons. The van der Waals surface area contributed by atoms with Crippen LogP contribution in [0.25, 0.3) is 10.2 Å². The SMILES string of the molecule is O=C1CN(C2CN(c3nc4ccc(Br)cc4s3)C2)CCN1. The van der Waals surface area contributed by atoms with Gasteiger partial charge in [-0.2, -0.15) is 0 Å². The number of carbonyl (C=O) groups excluding carboxylic acids is 1. The largest absolute Gasteiger partial charge is 0.354 e. The lowest BCUT2D eigenvalue weighted by Gasteiger charge is -2.46. The molecule has 2 fully saturated rings. The van der Waals surface area contributed by atoms with Gasteiger partial charge in [0.05, 0.1) is 16.8 Å². The molecule has 0 atom stereocenters. The highest BCUT2D eigenvalue weighted by molar-refractivity contribution is 9.10. The Morgan fingerprint density at radius 2 is 2.24 bits per heavy atom. The van der Waals surface area contributed by atoms with Crippen molar-refractivity contribution in [1.29, 1.82) is 0 Å². The molecule has 110 valence electrons. The van der Waals surface area contributed by atoms with Crippen LogP contribution in [0.3, 0.4) is 0 Å². The second-order valence-electron chi connectivity index (χ2n) is 5.49. The summed E-state index contributed by atoms with van der Waals surface area (Å²) < 4.78 is 2.30. The Hall–Kier alpha value is -1.18. The molecule has 1 aromatic carbocycles. The second kappa shape index (κ2) is 5.23. The first-order valence-corrected chi connectivity index (χ1v) is 8.62. The van der Waals surface area contributed by atoms with Crippen molar-refractivity contribution < 1.29 is 4.79 Å². The summed E-state index contributed by atoms with van der Waals surface area (Å²) in [6, 6.07) is 6.67. The van der Waals surface area contributed by atoms with Gasteiger partial charge in [0.15, 0.2) is 5.13 Å². The molecule has 2 aromatic rings. The van der Waals surface area contributed by atoms with Gasteiger partial charge in [-0.05, 0) is 18.2 Å². The van der Waals surface area contributed by atoms with Crippen molar-refractivity contribution in [1.82, 2.24) is 15.2 Å². The van der Waals surface area contributed by atoms with E-state index in [1.165, 1.54) is 4.70 Å². The minimum Gasteiger partial charge on any atom is -0.354 e. The Labute approximate surface area is 135 Å². The van der Waals surface area contributed by atoms with Crippen LogP contribution in [0.2, 0.25) is 0 Å². The Morgan fingerprint density at radius 1 is 1.38 bits per heavy atom. The van der Waals surface area contributed by atoms with Gasteiger partial charge >= 0.3 is 0 Å². The molecule has 2 saturated heterocycles. The summed E-state index contributed by atoms with van der Waals surface area (Å²) >= 11 is 5.23. The summed E-state index contributed by atoms with van der Waals surface area (Å²) in [5.41, 5.74) is 1.05. The van der Waals surface area contributed by atoms with Crippen LogP contribution in [0, 0.1) is 0 Å². The zero-order valence-electron chi connectivity index (χ0n) is 11.4. The highest BCUT2D eigenvalue weighted by atomic mass is 79.9. The van der Waals surface area contributed by atoms with Gasteiger partial charge in [0.2, 0.25) is 5.91 Å². The number of fused-ring (bicyclic) bond motifs is 1. The standard InChI is InChI=1S/C14H15BrN4OS/c15-9-1-2-11-12(5-9)21-14(17-11)19-6-10(7-19)18-4-3-16-13(20)8-18/h1-2,5,10H,3-4,6-8H2,(H,16,20). The molecular weight excluding hydrogens is 352 g/mol. The topological polar surface area (TPSA) is 48.5 Å². The molecule has 5 nitrogen and oxygen atoms in total. The van der Waals surface area contributed by atoms with Crippen LogP contribution in [0.15, 0.2) is 22.7 Å². The minimum absolute atomic E-state index is 0.143. The van der Waals surface area contributed by atoms with E-state index in [0.717, 1.165) is 41.3 Å². The third-order valence-corrected chi connectivity index (χ3v) is 5.63. The van der Waals surface area contributed by atoms with Crippen molar-refractivity contribution in [3.63, 3.8) is 0 Å². The molecule has 4 rings (SSSR count). The molecule has 0 unspecified atom stereocenters. The fourth-order valence-electron chi connectivity index (χ4n) is 2.83. The molecule has 21 heavy (non-hydrogen) atoms. The number of carbonyl (C=O) groups is 1. The highest BCUT2D eigenvalue weighted by Crippen LogP contribution is 2.33. The van der Waals surface area contributed by atoms with E-state index < -0.39 is 0 Å². The third kappa shape index (κ3) is 2.54. The molecule has 0 spiro atoms. The van der Waals surface area contributed by atoms with Crippen LogP contribution in [-0.2, 0) is 4.79 Å². The molecule has 0 aliphatic carbocycles. The van der Waals surface area contributed by atoms with Crippen LogP contribution in [0.1, 0.15) is 0 Å². The van der Waals surface area contributed by atoms with Crippen molar-refractivity contribution in [2.24, 2.45) is 0 Å². The summed E-state index contributed by atoms with van der Waals surface area (Å²) in [4.78, 5) is 20.7. The molecule has 0 saturated carbocycles. The number of rotatable bonds is 2. The first kappa shape index (κ1) is 13.5. The van der Waals surface area contributed by atoms with Gasteiger partial charge in [-0.25, -0.2) is 4.98 Å². The van der Waals surface area contributed by atoms with E-state index >= 15 is 0 Å². The van der Waals surface area contributed by atoms with E-state index in [1.807, 2.05) is 12.1 Å². The quantitative estimate of drug-likeness (QED) is 0.878. The van der Waals surface area contributed by atoms with Crippen LogP contribution in [0.4, 0.5) is 5.13 Å². The summed E-state index contributed by atoms with van der Waals surface area (Å²) in [5, 5.41) is 3.96. The number of thiazole rings is 1. The number of nitrogens with zero attached hydrogens (tertiary/aromatic N) is 3. The molecule has 2 aliphatic rings. The fourth-order valence-corrected chi connectivity index (χ4v) is 4.37. The summed E-state index contributed by atoms with van der Waals surface area (Å²) in [5.74, 6) is 0.143. The average Bonchev–Trinajstić information content (AvgIpc) is 2.79. The second-order valence-corrected chi connectivity index (χ2v) is 7.41. The monoisotopic (exact) mass is 366 g/mol. The average molecular weight is 367 g/mol. The molecule has 2 aliphatic heterocycles. The molecule has 1 amide bonds. The number of benzene rings is 1. The zero-order chi connectivity index (χ0) is 14.4.